The summed E-state index contributed by atoms with van der Waals surface area (Å²) < 4.78 is 23.2. The summed E-state index contributed by atoms with van der Waals surface area (Å²) in [5.41, 5.74) is 4.34. The van der Waals surface area contributed by atoms with Crippen molar-refractivity contribution in [3.05, 3.63) is 97.7 Å². The highest BCUT2D eigenvalue weighted by atomic mass is 35.5. The topological polar surface area (TPSA) is 70.8 Å². The fourth-order valence-corrected chi connectivity index (χ4v) is 5.69. The summed E-state index contributed by atoms with van der Waals surface area (Å²) in [6.45, 7) is 2.34. The van der Waals surface area contributed by atoms with Gasteiger partial charge in [0.2, 0.25) is 0 Å². The van der Waals surface area contributed by atoms with Crippen molar-refractivity contribution in [3.63, 3.8) is 0 Å². The molecule has 4 aromatic rings. The summed E-state index contributed by atoms with van der Waals surface area (Å²) in [7, 11) is 0. The van der Waals surface area contributed by atoms with E-state index in [1.165, 1.54) is 0 Å². The van der Waals surface area contributed by atoms with Gasteiger partial charge in [0.15, 0.2) is 0 Å². The highest BCUT2D eigenvalue weighted by Gasteiger charge is 2.34. The van der Waals surface area contributed by atoms with Crippen LogP contribution in [0.5, 0.6) is 11.5 Å². The Balaban J connectivity index is 1.20. The third-order valence-corrected chi connectivity index (χ3v) is 7.87. The predicted octanol–water partition coefficient (Wildman–Crippen LogP) is 8.61. The number of hydrogen-bond donors (Lipinski definition) is 0. The van der Waals surface area contributed by atoms with Crippen LogP contribution in [0, 0.1) is 0 Å². The third-order valence-electron chi connectivity index (χ3n) is 6.91. The van der Waals surface area contributed by atoms with Gasteiger partial charge in [0.05, 0.1) is 32.8 Å². The lowest BCUT2D eigenvalue weighted by molar-refractivity contribution is 0.0526. The molecule has 1 aliphatic carbocycles. The van der Waals surface area contributed by atoms with Crippen LogP contribution in [-0.4, -0.2) is 17.7 Å². The van der Waals surface area contributed by atoms with Crippen LogP contribution in [0.15, 0.2) is 59.1 Å². The van der Waals surface area contributed by atoms with Crippen LogP contribution in [0.25, 0.3) is 11.3 Å². The van der Waals surface area contributed by atoms with Crippen molar-refractivity contribution in [3.8, 4) is 22.8 Å². The summed E-state index contributed by atoms with van der Waals surface area (Å²) >= 11 is 19.6. The number of carbonyl (C=O) groups excluding carboxylic acids is 1. The SMILES string of the molecule is CCOC(=O)c1ccc2c(c1)CC(c1ccc(OCc3c(-c4c(Cl)cccc4Cl)noc3C3CC3)cc1Cl)O2. The van der Waals surface area contributed by atoms with Gasteiger partial charge in [0, 0.05) is 23.5 Å². The Bertz CT molecular complexity index is 1540. The summed E-state index contributed by atoms with van der Waals surface area (Å²) in [6, 6.07) is 16.2. The van der Waals surface area contributed by atoms with E-state index in [4.69, 9.17) is 53.5 Å². The summed E-state index contributed by atoms with van der Waals surface area (Å²) in [5, 5.41) is 5.84. The van der Waals surface area contributed by atoms with Crippen LogP contribution < -0.4 is 9.47 Å². The molecule has 0 bridgehead atoms. The summed E-state index contributed by atoms with van der Waals surface area (Å²) in [5.74, 6) is 2.12. The number of benzene rings is 3. The van der Waals surface area contributed by atoms with E-state index in [1.54, 1.807) is 43.3 Å². The van der Waals surface area contributed by atoms with E-state index in [0.717, 1.165) is 41.0 Å². The van der Waals surface area contributed by atoms with E-state index in [2.05, 4.69) is 5.16 Å². The number of hydrogen-bond acceptors (Lipinski definition) is 6. The molecule has 2 aliphatic rings. The second-order valence-corrected chi connectivity index (χ2v) is 10.8. The lowest BCUT2D eigenvalue weighted by Crippen LogP contribution is -2.05. The highest BCUT2D eigenvalue weighted by Crippen LogP contribution is 2.46. The van der Waals surface area contributed by atoms with Crippen molar-refractivity contribution >= 4 is 40.8 Å². The second kappa shape index (κ2) is 10.8. The Hall–Kier alpha value is -3.19. The third kappa shape index (κ3) is 5.21. The van der Waals surface area contributed by atoms with Gasteiger partial charge in [-0.15, -0.1) is 0 Å². The molecule has 6 nitrogen and oxygen atoms in total. The van der Waals surface area contributed by atoms with Crippen LogP contribution in [0.3, 0.4) is 0 Å². The molecule has 9 heteroatoms. The molecule has 1 atom stereocenters. The van der Waals surface area contributed by atoms with Gasteiger partial charge >= 0.3 is 5.97 Å². The van der Waals surface area contributed by atoms with Crippen molar-refractivity contribution in [1.82, 2.24) is 5.16 Å². The van der Waals surface area contributed by atoms with Gasteiger partial charge in [0.25, 0.3) is 0 Å². The van der Waals surface area contributed by atoms with Gasteiger partial charge in [0.1, 0.15) is 35.7 Å². The standard InChI is InChI=1S/C30H24Cl3NO5/c1-2-36-30(35)17-8-11-25-18(12-17)13-26(38-25)20-10-9-19(14-24(20)33)37-15-21-28(34-39-29(21)16-6-7-16)27-22(31)4-3-5-23(27)32/h3-5,8-12,14,16,26H,2,6-7,13,15H2,1H3. The number of nitrogens with zero attached hydrogens (tertiary/aromatic N) is 1. The molecule has 3 aromatic carbocycles. The molecule has 6 rings (SSSR count). The largest absolute Gasteiger partial charge is 0.489 e. The molecule has 1 saturated carbocycles. The number of aromatic nitrogens is 1. The molecule has 0 amide bonds. The van der Waals surface area contributed by atoms with Gasteiger partial charge in [-0.3, -0.25) is 0 Å². The first-order chi connectivity index (χ1) is 18.9. The monoisotopic (exact) mass is 583 g/mol. The van der Waals surface area contributed by atoms with Crippen molar-refractivity contribution in [2.24, 2.45) is 0 Å². The van der Waals surface area contributed by atoms with E-state index < -0.39 is 0 Å². The van der Waals surface area contributed by atoms with Crippen molar-refractivity contribution in [1.29, 1.82) is 0 Å². The number of carbonyl (C=O) groups is 1. The van der Waals surface area contributed by atoms with E-state index in [9.17, 15) is 4.79 Å². The van der Waals surface area contributed by atoms with Gasteiger partial charge < -0.3 is 18.7 Å². The fourth-order valence-electron chi connectivity index (χ4n) is 4.83. The Labute approximate surface area is 240 Å². The minimum absolute atomic E-state index is 0.226. The lowest BCUT2D eigenvalue weighted by Gasteiger charge is -2.15. The average molecular weight is 585 g/mol. The first-order valence-electron chi connectivity index (χ1n) is 12.7. The zero-order valence-corrected chi connectivity index (χ0v) is 23.3. The first kappa shape index (κ1) is 26.1. The Morgan fingerprint density at radius 1 is 1.03 bits per heavy atom. The van der Waals surface area contributed by atoms with Crippen LogP contribution in [0.4, 0.5) is 0 Å². The summed E-state index contributed by atoms with van der Waals surface area (Å²) in [6.07, 6.45) is 2.41. The molecule has 1 aliphatic heterocycles. The molecule has 0 N–H and O–H groups in total. The molecule has 200 valence electrons. The minimum Gasteiger partial charge on any atom is -0.489 e. The van der Waals surface area contributed by atoms with Crippen molar-refractivity contribution in [2.45, 2.75) is 44.8 Å². The molecule has 1 unspecified atom stereocenters. The van der Waals surface area contributed by atoms with Crippen LogP contribution in [0.2, 0.25) is 15.1 Å². The molecule has 0 radical (unpaired) electrons. The molecule has 0 saturated heterocycles. The first-order valence-corrected chi connectivity index (χ1v) is 13.9. The average Bonchev–Trinajstić information content (AvgIpc) is 3.54. The van der Waals surface area contributed by atoms with Crippen molar-refractivity contribution in [2.75, 3.05) is 6.61 Å². The van der Waals surface area contributed by atoms with E-state index >= 15 is 0 Å². The molecule has 1 aromatic heterocycles. The number of ether oxygens (including phenoxy) is 3. The van der Waals surface area contributed by atoms with Crippen LogP contribution >= 0.6 is 34.8 Å². The summed E-state index contributed by atoms with van der Waals surface area (Å²) in [4.78, 5) is 12.1. The quantitative estimate of drug-likeness (QED) is 0.193. The number of rotatable bonds is 8. The normalized spacial score (nSPS) is 16.1. The van der Waals surface area contributed by atoms with Gasteiger partial charge in [-0.25, -0.2) is 4.79 Å². The van der Waals surface area contributed by atoms with E-state index in [1.807, 2.05) is 18.2 Å². The Morgan fingerprint density at radius 3 is 2.54 bits per heavy atom. The maximum atomic E-state index is 12.1. The fraction of sp³-hybridized carbons (Fsp3) is 0.267. The Morgan fingerprint density at radius 2 is 1.82 bits per heavy atom. The zero-order valence-electron chi connectivity index (χ0n) is 21.0. The zero-order chi connectivity index (χ0) is 27.1. The van der Waals surface area contributed by atoms with E-state index in [-0.39, 0.29) is 18.7 Å². The van der Waals surface area contributed by atoms with Gasteiger partial charge in [-0.1, -0.05) is 52.1 Å². The van der Waals surface area contributed by atoms with Gasteiger partial charge in [-0.2, -0.15) is 0 Å². The molecular weight excluding hydrogens is 561 g/mol. The maximum absolute atomic E-state index is 12.1. The van der Waals surface area contributed by atoms with E-state index in [0.29, 0.717) is 56.6 Å². The minimum atomic E-state index is -0.346. The molecule has 0 spiro atoms. The molecule has 2 heterocycles. The predicted molar refractivity (Wildman–Crippen MR) is 149 cm³/mol. The Kier molecular flexibility index (Phi) is 7.19. The molecule has 39 heavy (non-hydrogen) atoms. The van der Waals surface area contributed by atoms with Crippen LogP contribution in [0.1, 0.15) is 64.6 Å². The number of fused-ring (bicyclic) bond motifs is 1. The second-order valence-electron chi connectivity index (χ2n) is 9.57. The molecular formula is C30H24Cl3NO5. The highest BCUT2D eigenvalue weighted by molar-refractivity contribution is 6.39. The number of halogens is 3. The number of esters is 1. The van der Waals surface area contributed by atoms with Gasteiger partial charge in [-0.05, 0) is 67.8 Å². The lowest BCUT2D eigenvalue weighted by atomic mass is 10.0. The van der Waals surface area contributed by atoms with Crippen LogP contribution in [-0.2, 0) is 17.8 Å². The maximum Gasteiger partial charge on any atom is 0.338 e. The molecule has 1 fully saturated rings. The van der Waals surface area contributed by atoms with Crippen molar-refractivity contribution < 1.29 is 23.5 Å². The smallest absolute Gasteiger partial charge is 0.338 e.